The Morgan fingerprint density at radius 1 is 0.702 bits per heavy atom. The first-order chi connectivity index (χ1) is 22.8. The van der Waals surface area contributed by atoms with Gasteiger partial charge in [0, 0.05) is 99.4 Å². The van der Waals surface area contributed by atoms with Crippen LogP contribution in [0.4, 0.5) is 11.4 Å². The number of furan rings is 1. The summed E-state index contributed by atoms with van der Waals surface area (Å²) < 4.78 is 6.00. The van der Waals surface area contributed by atoms with Gasteiger partial charge in [-0.3, -0.25) is 24.2 Å². The Morgan fingerprint density at radius 2 is 1.32 bits per heavy atom. The molecule has 9 nitrogen and oxygen atoms in total. The van der Waals surface area contributed by atoms with Crippen LogP contribution < -0.4 is 9.80 Å². The smallest absolute Gasteiger partial charge is 0.236 e. The van der Waals surface area contributed by atoms with E-state index in [1.165, 1.54) is 0 Å². The Morgan fingerprint density at radius 3 is 1.96 bits per heavy atom. The van der Waals surface area contributed by atoms with E-state index in [9.17, 15) is 14.4 Å². The van der Waals surface area contributed by atoms with Crippen molar-refractivity contribution in [3.63, 3.8) is 0 Å². The number of anilines is 2. The monoisotopic (exact) mass is 635 g/mol. The van der Waals surface area contributed by atoms with Gasteiger partial charge < -0.3 is 19.1 Å². The third kappa shape index (κ3) is 7.58. The van der Waals surface area contributed by atoms with Crippen LogP contribution in [-0.4, -0.2) is 111 Å². The summed E-state index contributed by atoms with van der Waals surface area (Å²) >= 11 is 0. The maximum Gasteiger partial charge on any atom is 0.236 e. The number of amides is 1. The first-order valence-electron chi connectivity index (χ1n) is 16.8. The van der Waals surface area contributed by atoms with Gasteiger partial charge in [0.05, 0.1) is 13.1 Å². The number of nitrogens with zero attached hydrogens (tertiary/aromatic N) is 5. The predicted molar refractivity (Wildman–Crippen MR) is 187 cm³/mol. The molecule has 9 heteroatoms. The van der Waals surface area contributed by atoms with Crippen molar-refractivity contribution >= 4 is 39.8 Å². The zero-order valence-corrected chi connectivity index (χ0v) is 27.8. The summed E-state index contributed by atoms with van der Waals surface area (Å²) in [5, 5.41) is 0.918. The molecule has 3 aromatic carbocycles. The summed E-state index contributed by atoms with van der Waals surface area (Å²) in [7, 11) is 0. The van der Waals surface area contributed by atoms with Gasteiger partial charge >= 0.3 is 0 Å². The molecule has 4 aromatic rings. The Bertz CT molecular complexity index is 1690. The molecule has 0 bridgehead atoms. The van der Waals surface area contributed by atoms with Crippen molar-refractivity contribution in [2.75, 3.05) is 88.3 Å². The van der Waals surface area contributed by atoms with Crippen molar-refractivity contribution in [1.29, 1.82) is 0 Å². The summed E-state index contributed by atoms with van der Waals surface area (Å²) in [6, 6.07) is 23.3. The lowest BCUT2D eigenvalue weighted by molar-refractivity contribution is -0.133. The molecule has 0 N–H and O–H groups in total. The number of carbonyl (C=O) groups excluding carboxylic acids is 3. The molecule has 2 saturated heterocycles. The molecule has 1 aromatic heterocycles. The summed E-state index contributed by atoms with van der Waals surface area (Å²) in [6.45, 7) is 14.9. The van der Waals surface area contributed by atoms with Crippen LogP contribution in [0.3, 0.4) is 0 Å². The van der Waals surface area contributed by atoms with Crippen molar-refractivity contribution in [1.82, 2.24) is 14.7 Å². The van der Waals surface area contributed by atoms with Gasteiger partial charge in [-0.1, -0.05) is 29.8 Å². The van der Waals surface area contributed by atoms with E-state index in [-0.39, 0.29) is 17.5 Å². The van der Waals surface area contributed by atoms with Gasteiger partial charge in [0.1, 0.15) is 5.58 Å². The number of piperazine rings is 2. The highest BCUT2D eigenvalue weighted by atomic mass is 16.3. The van der Waals surface area contributed by atoms with Crippen LogP contribution in [-0.2, 0) is 4.79 Å². The first-order valence-corrected chi connectivity index (χ1v) is 16.8. The average molecular weight is 636 g/mol. The molecule has 0 saturated carbocycles. The van der Waals surface area contributed by atoms with Crippen molar-refractivity contribution in [3.8, 4) is 0 Å². The number of carbonyl (C=O) groups is 3. The van der Waals surface area contributed by atoms with Crippen LogP contribution in [0.1, 0.15) is 45.9 Å². The van der Waals surface area contributed by atoms with E-state index in [1.54, 1.807) is 0 Å². The minimum Gasteiger partial charge on any atom is -0.452 e. The minimum atomic E-state index is -0.133. The van der Waals surface area contributed by atoms with E-state index >= 15 is 0 Å². The number of hydrogen-bond acceptors (Lipinski definition) is 8. The molecule has 3 heterocycles. The van der Waals surface area contributed by atoms with Gasteiger partial charge in [-0.2, -0.15) is 0 Å². The normalized spacial score (nSPS) is 16.1. The molecular formula is C38H45N5O4. The second-order valence-electron chi connectivity index (χ2n) is 12.6. The number of benzene rings is 3. The molecule has 0 aliphatic carbocycles. The fourth-order valence-electron chi connectivity index (χ4n) is 6.53. The molecule has 1 amide bonds. The zero-order valence-electron chi connectivity index (χ0n) is 27.8. The fraction of sp³-hybridized carbons (Fsp3) is 0.395. The van der Waals surface area contributed by atoms with E-state index in [2.05, 4.69) is 39.5 Å². The zero-order chi connectivity index (χ0) is 32.9. The lowest BCUT2D eigenvalue weighted by Crippen LogP contribution is -2.54. The Hall–Kier alpha value is -4.47. The molecule has 0 atom stereocenters. The highest BCUT2D eigenvalue weighted by molar-refractivity contribution is 6.09. The quantitative estimate of drug-likeness (QED) is 0.214. The fourth-order valence-corrected chi connectivity index (χ4v) is 6.53. The van der Waals surface area contributed by atoms with Crippen LogP contribution in [0.5, 0.6) is 0 Å². The van der Waals surface area contributed by atoms with Gasteiger partial charge in [-0.15, -0.1) is 0 Å². The summed E-state index contributed by atoms with van der Waals surface area (Å²) in [5.74, 6) is 0.509. The lowest BCUT2D eigenvalue weighted by atomic mass is 10.1. The molecule has 0 radical (unpaired) electrons. The maximum absolute atomic E-state index is 13.3. The van der Waals surface area contributed by atoms with Gasteiger partial charge in [-0.05, 0) is 63.2 Å². The number of fused-ring (bicyclic) bond motifs is 1. The minimum absolute atomic E-state index is 0.133. The number of aryl methyl sites for hydroxylation is 1. The van der Waals surface area contributed by atoms with E-state index in [0.29, 0.717) is 37.5 Å². The van der Waals surface area contributed by atoms with Crippen LogP contribution in [0.15, 0.2) is 77.2 Å². The standard InChI is InChI=1S/C38H45N5O4/c1-4-41(5-2)33-15-12-31-24-36(47-35(31)25-33)38(46)30-10-13-32(14-11-30)42-20-22-43(23-21-42)37(45)27-40-18-16-39(17-19-40)26-34(44)29-8-6-28(3)7-9-29/h6-15,24-25H,4-5,16-23,26-27H2,1-3H3. The Kier molecular flexibility index (Phi) is 10.0. The molecular weight excluding hydrogens is 590 g/mol. The number of ketones is 2. The Labute approximate surface area is 277 Å². The van der Waals surface area contributed by atoms with E-state index in [4.69, 9.17) is 4.42 Å². The second-order valence-corrected chi connectivity index (χ2v) is 12.6. The highest BCUT2D eigenvalue weighted by Gasteiger charge is 2.26. The molecule has 2 aliphatic rings. The third-order valence-electron chi connectivity index (χ3n) is 9.55. The third-order valence-corrected chi connectivity index (χ3v) is 9.55. The van der Waals surface area contributed by atoms with Gasteiger partial charge in [0.2, 0.25) is 11.7 Å². The lowest BCUT2D eigenvalue weighted by Gasteiger charge is -2.38. The molecule has 47 heavy (non-hydrogen) atoms. The molecule has 2 fully saturated rings. The summed E-state index contributed by atoms with van der Waals surface area (Å²) in [4.78, 5) is 49.9. The SMILES string of the molecule is CCN(CC)c1ccc2cc(C(=O)c3ccc(N4CCN(C(=O)CN5CCN(CC(=O)c6ccc(C)cc6)CC5)CC4)cc3)oc2c1. The molecule has 0 unspecified atom stereocenters. The number of Topliss-reactive ketones (excluding diaryl/α,β-unsaturated/α-hetero) is 1. The number of hydrogen-bond donors (Lipinski definition) is 0. The predicted octanol–water partition coefficient (Wildman–Crippen LogP) is 4.97. The molecule has 0 spiro atoms. The average Bonchev–Trinajstić information content (AvgIpc) is 3.53. The molecule has 6 rings (SSSR count). The summed E-state index contributed by atoms with van der Waals surface area (Å²) in [6.07, 6.45) is 0. The van der Waals surface area contributed by atoms with Crippen LogP contribution in [0, 0.1) is 6.92 Å². The van der Waals surface area contributed by atoms with E-state index in [0.717, 1.165) is 85.8 Å². The molecule has 246 valence electrons. The van der Waals surface area contributed by atoms with Crippen molar-refractivity contribution in [2.24, 2.45) is 0 Å². The van der Waals surface area contributed by atoms with Crippen molar-refractivity contribution < 1.29 is 18.8 Å². The largest absolute Gasteiger partial charge is 0.452 e. The van der Waals surface area contributed by atoms with Gasteiger partial charge in [0.15, 0.2) is 11.5 Å². The maximum atomic E-state index is 13.3. The van der Waals surface area contributed by atoms with E-state index in [1.807, 2.05) is 78.6 Å². The number of rotatable bonds is 11. The van der Waals surface area contributed by atoms with Crippen LogP contribution >= 0.6 is 0 Å². The highest BCUT2D eigenvalue weighted by Crippen LogP contribution is 2.27. The van der Waals surface area contributed by atoms with Crippen LogP contribution in [0.2, 0.25) is 0 Å². The Balaban J connectivity index is 0.958. The topological polar surface area (TPSA) is 80.6 Å². The van der Waals surface area contributed by atoms with Crippen molar-refractivity contribution in [3.05, 3.63) is 95.2 Å². The van der Waals surface area contributed by atoms with Gasteiger partial charge in [-0.25, -0.2) is 0 Å². The second kappa shape index (κ2) is 14.5. The van der Waals surface area contributed by atoms with Gasteiger partial charge in [0.25, 0.3) is 0 Å². The first kappa shape index (κ1) is 32.5. The van der Waals surface area contributed by atoms with Crippen molar-refractivity contribution in [2.45, 2.75) is 20.8 Å². The molecule has 2 aliphatic heterocycles. The van der Waals surface area contributed by atoms with E-state index < -0.39 is 0 Å². The summed E-state index contributed by atoms with van der Waals surface area (Å²) in [5.41, 5.74) is 5.33. The van der Waals surface area contributed by atoms with Crippen LogP contribution in [0.25, 0.3) is 11.0 Å².